The van der Waals surface area contributed by atoms with Gasteiger partial charge in [0, 0.05) is 18.2 Å². The first-order valence-corrected chi connectivity index (χ1v) is 7.27. The lowest BCUT2D eigenvalue weighted by molar-refractivity contribution is 0.176. The van der Waals surface area contributed by atoms with Crippen LogP contribution in [0.2, 0.25) is 0 Å². The second kappa shape index (κ2) is 6.92. The van der Waals surface area contributed by atoms with Crippen molar-refractivity contribution in [1.29, 1.82) is 0 Å². The number of rotatable bonds is 5. The summed E-state index contributed by atoms with van der Waals surface area (Å²) in [6, 6.07) is 8.65. The average Bonchev–Trinajstić information content (AvgIpc) is 2.46. The van der Waals surface area contributed by atoms with E-state index in [4.69, 9.17) is 4.74 Å². The molecule has 0 amide bonds. The minimum atomic E-state index is 0.338. The highest BCUT2D eigenvalue weighted by Gasteiger charge is 2.21. The normalized spacial score (nSPS) is 19.3. The van der Waals surface area contributed by atoms with Crippen LogP contribution in [-0.4, -0.2) is 38.7 Å². The van der Waals surface area contributed by atoms with E-state index in [9.17, 15) is 0 Å². The number of methoxy groups -OCH3 is 1. The maximum atomic E-state index is 5.48. The molecule has 1 aliphatic heterocycles. The van der Waals surface area contributed by atoms with Gasteiger partial charge in [-0.3, -0.25) is 0 Å². The Balaban J connectivity index is 2.03. The van der Waals surface area contributed by atoms with Gasteiger partial charge in [0.15, 0.2) is 0 Å². The highest BCUT2D eigenvalue weighted by molar-refractivity contribution is 5.36. The summed E-state index contributed by atoms with van der Waals surface area (Å²) < 4.78 is 5.48. The van der Waals surface area contributed by atoms with Gasteiger partial charge >= 0.3 is 0 Å². The molecule has 1 saturated heterocycles. The molecule has 3 nitrogen and oxygen atoms in total. The standard InChI is InChI=1S/C16H26N2O/c1-13-8-10-18(11-9-13)12-15(17-2)14-6-4-5-7-16(14)19-3/h4-7,13,15,17H,8-12H2,1-3H3. The van der Waals surface area contributed by atoms with E-state index in [1.54, 1.807) is 7.11 Å². The number of likely N-dealkylation sites (tertiary alicyclic amines) is 1. The summed E-state index contributed by atoms with van der Waals surface area (Å²) in [6.45, 7) is 5.85. The molecule has 3 heteroatoms. The van der Waals surface area contributed by atoms with Gasteiger partial charge < -0.3 is 15.0 Å². The van der Waals surface area contributed by atoms with E-state index in [0.717, 1.165) is 18.2 Å². The molecule has 1 N–H and O–H groups in total. The van der Waals surface area contributed by atoms with E-state index in [1.807, 2.05) is 19.2 Å². The summed E-state index contributed by atoms with van der Waals surface area (Å²) in [5, 5.41) is 3.43. The van der Waals surface area contributed by atoms with Crippen molar-refractivity contribution in [2.75, 3.05) is 33.8 Å². The fraction of sp³-hybridized carbons (Fsp3) is 0.625. The molecule has 1 unspecified atom stereocenters. The summed E-state index contributed by atoms with van der Waals surface area (Å²) in [5.41, 5.74) is 1.26. The maximum absolute atomic E-state index is 5.48. The van der Waals surface area contributed by atoms with Crippen molar-refractivity contribution in [2.24, 2.45) is 5.92 Å². The van der Waals surface area contributed by atoms with Gasteiger partial charge in [-0.15, -0.1) is 0 Å². The number of benzene rings is 1. The molecule has 1 aliphatic rings. The van der Waals surface area contributed by atoms with Crippen LogP contribution in [0.3, 0.4) is 0 Å². The van der Waals surface area contributed by atoms with E-state index >= 15 is 0 Å². The number of ether oxygens (including phenoxy) is 1. The summed E-state index contributed by atoms with van der Waals surface area (Å²) in [5.74, 6) is 1.86. The fourth-order valence-electron chi connectivity index (χ4n) is 2.80. The van der Waals surface area contributed by atoms with Crippen molar-refractivity contribution in [2.45, 2.75) is 25.8 Å². The van der Waals surface area contributed by atoms with Crippen LogP contribution in [0, 0.1) is 5.92 Å². The Morgan fingerprint density at radius 1 is 1.32 bits per heavy atom. The Hall–Kier alpha value is -1.06. The zero-order valence-electron chi connectivity index (χ0n) is 12.4. The number of nitrogens with one attached hydrogen (secondary N) is 1. The summed E-state index contributed by atoms with van der Waals surface area (Å²) in [7, 11) is 3.78. The van der Waals surface area contributed by atoms with Gasteiger partial charge in [0.2, 0.25) is 0 Å². The lowest BCUT2D eigenvalue weighted by atomic mass is 9.98. The molecule has 1 atom stereocenters. The van der Waals surface area contributed by atoms with Crippen LogP contribution in [0.25, 0.3) is 0 Å². The van der Waals surface area contributed by atoms with Crippen LogP contribution in [0.15, 0.2) is 24.3 Å². The fourth-order valence-corrected chi connectivity index (χ4v) is 2.80. The predicted molar refractivity (Wildman–Crippen MR) is 79.6 cm³/mol. The third-order valence-electron chi connectivity index (χ3n) is 4.18. The number of para-hydroxylation sites is 1. The van der Waals surface area contributed by atoms with Gasteiger partial charge in [-0.05, 0) is 45.0 Å². The van der Waals surface area contributed by atoms with Crippen LogP contribution in [-0.2, 0) is 0 Å². The van der Waals surface area contributed by atoms with Gasteiger partial charge in [0.25, 0.3) is 0 Å². The quantitative estimate of drug-likeness (QED) is 0.883. The zero-order chi connectivity index (χ0) is 13.7. The Morgan fingerprint density at radius 3 is 2.63 bits per heavy atom. The minimum absolute atomic E-state index is 0.338. The van der Waals surface area contributed by atoms with Gasteiger partial charge in [-0.2, -0.15) is 0 Å². The maximum Gasteiger partial charge on any atom is 0.123 e. The van der Waals surface area contributed by atoms with E-state index in [0.29, 0.717) is 6.04 Å². The summed E-state index contributed by atoms with van der Waals surface area (Å²) in [6.07, 6.45) is 2.64. The highest BCUT2D eigenvalue weighted by atomic mass is 16.5. The first-order chi connectivity index (χ1) is 9.24. The third-order valence-corrected chi connectivity index (χ3v) is 4.18. The lowest BCUT2D eigenvalue weighted by Gasteiger charge is -2.33. The topological polar surface area (TPSA) is 24.5 Å². The molecule has 0 aromatic heterocycles. The number of hydrogen-bond donors (Lipinski definition) is 1. The molecule has 0 bridgehead atoms. The zero-order valence-corrected chi connectivity index (χ0v) is 12.4. The Bertz CT molecular complexity index is 386. The van der Waals surface area contributed by atoms with Gasteiger partial charge in [0.05, 0.1) is 7.11 Å². The molecule has 0 saturated carbocycles. The van der Waals surface area contributed by atoms with Crippen LogP contribution < -0.4 is 10.1 Å². The average molecular weight is 262 g/mol. The molecule has 19 heavy (non-hydrogen) atoms. The second-order valence-corrected chi connectivity index (χ2v) is 5.57. The van der Waals surface area contributed by atoms with Crippen LogP contribution >= 0.6 is 0 Å². The van der Waals surface area contributed by atoms with Crippen molar-refractivity contribution >= 4 is 0 Å². The second-order valence-electron chi connectivity index (χ2n) is 5.57. The molecule has 1 aromatic rings. The Labute approximate surface area is 116 Å². The van der Waals surface area contributed by atoms with Crippen molar-refractivity contribution < 1.29 is 4.74 Å². The van der Waals surface area contributed by atoms with Crippen LogP contribution in [0.5, 0.6) is 5.75 Å². The molecule has 0 aliphatic carbocycles. The summed E-state index contributed by atoms with van der Waals surface area (Å²) in [4.78, 5) is 2.56. The molecule has 1 fully saturated rings. The molecule has 1 heterocycles. The van der Waals surface area contributed by atoms with Crippen LogP contribution in [0.4, 0.5) is 0 Å². The predicted octanol–water partition coefficient (Wildman–Crippen LogP) is 2.69. The smallest absolute Gasteiger partial charge is 0.123 e. The van der Waals surface area contributed by atoms with E-state index in [1.165, 1.54) is 31.5 Å². The molecular weight excluding hydrogens is 236 g/mol. The molecule has 1 aromatic carbocycles. The Morgan fingerprint density at radius 2 is 2.00 bits per heavy atom. The van der Waals surface area contributed by atoms with E-state index in [2.05, 4.69) is 29.3 Å². The molecule has 106 valence electrons. The van der Waals surface area contributed by atoms with E-state index in [-0.39, 0.29) is 0 Å². The molecule has 2 rings (SSSR count). The first-order valence-electron chi connectivity index (χ1n) is 7.27. The monoisotopic (exact) mass is 262 g/mol. The van der Waals surface area contributed by atoms with E-state index < -0.39 is 0 Å². The van der Waals surface area contributed by atoms with Crippen molar-refractivity contribution in [3.63, 3.8) is 0 Å². The van der Waals surface area contributed by atoms with Crippen molar-refractivity contribution in [3.05, 3.63) is 29.8 Å². The van der Waals surface area contributed by atoms with Crippen molar-refractivity contribution in [1.82, 2.24) is 10.2 Å². The van der Waals surface area contributed by atoms with Gasteiger partial charge in [-0.1, -0.05) is 25.1 Å². The minimum Gasteiger partial charge on any atom is -0.496 e. The molecular formula is C16H26N2O. The van der Waals surface area contributed by atoms with Crippen LogP contribution in [0.1, 0.15) is 31.4 Å². The number of piperidine rings is 1. The first kappa shape index (κ1) is 14.4. The molecule has 0 radical (unpaired) electrons. The molecule has 0 spiro atoms. The SMILES string of the molecule is CNC(CN1CCC(C)CC1)c1ccccc1OC. The van der Waals surface area contributed by atoms with Gasteiger partial charge in [-0.25, -0.2) is 0 Å². The number of nitrogens with zero attached hydrogens (tertiary/aromatic N) is 1. The third kappa shape index (κ3) is 3.71. The van der Waals surface area contributed by atoms with Gasteiger partial charge in [0.1, 0.15) is 5.75 Å². The number of hydrogen-bond acceptors (Lipinski definition) is 3. The summed E-state index contributed by atoms with van der Waals surface area (Å²) >= 11 is 0. The largest absolute Gasteiger partial charge is 0.496 e. The number of likely N-dealkylation sites (N-methyl/N-ethyl adjacent to an activating group) is 1. The lowest BCUT2D eigenvalue weighted by Crippen LogP contribution is -2.39. The highest BCUT2D eigenvalue weighted by Crippen LogP contribution is 2.26. The Kier molecular flexibility index (Phi) is 5.23. The van der Waals surface area contributed by atoms with Crippen molar-refractivity contribution in [3.8, 4) is 5.75 Å².